The molecule has 0 N–H and O–H groups in total. The molecule has 0 radical (unpaired) electrons. The first-order chi connectivity index (χ1) is 3.83. The summed E-state index contributed by atoms with van der Waals surface area (Å²) in [5.41, 5.74) is 0. The van der Waals surface area contributed by atoms with Crippen molar-refractivity contribution in [3.8, 4) is 6.07 Å². The standard InChI is InChI=1S/C5H5NO2/c6-2-4-1-5(7)8-3-4/h4H,1,3H2. The molecular formula is C5H5NO2. The van der Waals surface area contributed by atoms with Crippen molar-refractivity contribution in [3.05, 3.63) is 0 Å². The third-order valence-electron chi connectivity index (χ3n) is 1.04. The molecule has 0 aromatic rings. The molecule has 0 bridgehead atoms. The van der Waals surface area contributed by atoms with Gasteiger partial charge in [0.15, 0.2) is 0 Å². The predicted octanol–water partition coefficient (Wildman–Crippen LogP) is 0.0731. The molecule has 0 aromatic carbocycles. The number of hydrogen-bond donors (Lipinski definition) is 0. The van der Waals surface area contributed by atoms with Crippen LogP contribution in [0.1, 0.15) is 6.42 Å². The number of cyclic esters (lactones) is 1. The van der Waals surface area contributed by atoms with Crippen LogP contribution in [0.2, 0.25) is 0 Å². The second-order valence-electron chi connectivity index (χ2n) is 1.71. The van der Waals surface area contributed by atoms with Crippen molar-refractivity contribution in [1.82, 2.24) is 0 Å². The average Bonchev–Trinajstić information content (AvgIpc) is 2.14. The molecule has 1 aliphatic rings. The summed E-state index contributed by atoms with van der Waals surface area (Å²) in [6.07, 6.45) is 0.274. The SMILES string of the molecule is N#CC1COC(=O)C1. The molecule has 0 aromatic heterocycles. The number of ether oxygens (including phenoxy) is 1. The maximum Gasteiger partial charge on any atom is 0.307 e. The summed E-state index contributed by atoms with van der Waals surface area (Å²) >= 11 is 0. The molecule has 0 spiro atoms. The maximum atomic E-state index is 10.2. The molecule has 1 heterocycles. The summed E-state index contributed by atoms with van der Waals surface area (Å²) in [6, 6.07) is 1.95. The van der Waals surface area contributed by atoms with Gasteiger partial charge >= 0.3 is 5.97 Å². The number of carbonyl (C=O) groups excluding carboxylic acids is 1. The average molecular weight is 111 g/mol. The number of hydrogen-bond acceptors (Lipinski definition) is 3. The van der Waals surface area contributed by atoms with E-state index in [2.05, 4.69) is 4.74 Å². The summed E-state index contributed by atoms with van der Waals surface area (Å²) in [4.78, 5) is 10.2. The molecule has 8 heavy (non-hydrogen) atoms. The fourth-order valence-corrected chi connectivity index (χ4v) is 0.595. The first-order valence-corrected chi connectivity index (χ1v) is 2.38. The van der Waals surface area contributed by atoms with Crippen LogP contribution in [0.5, 0.6) is 0 Å². The quantitative estimate of drug-likeness (QED) is 0.416. The van der Waals surface area contributed by atoms with E-state index in [-0.39, 0.29) is 24.9 Å². The van der Waals surface area contributed by atoms with E-state index in [0.717, 1.165) is 0 Å². The van der Waals surface area contributed by atoms with Crippen LogP contribution in [0.3, 0.4) is 0 Å². The van der Waals surface area contributed by atoms with Crippen LogP contribution in [0.15, 0.2) is 0 Å². The molecule has 3 nitrogen and oxygen atoms in total. The van der Waals surface area contributed by atoms with E-state index in [1.165, 1.54) is 0 Å². The van der Waals surface area contributed by atoms with E-state index >= 15 is 0 Å². The molecule has 42 valence electrons. The Balaban J connectivity index is 2.47. The molecule has 1 fully saturated rings. The number of rotatable bonds is 0. The highest BCUT2D eigenvalue weighted by Gasteiger charge is 2.22. The summed E-state index contributed by atoms with van der Waals surface area (Å²) in [5.74, 6) is -0.445. The van der Waals surface area contributed by atoms with E-state index in [4.69, 9.17) is 5.26 Å². The maximum absolute atomic E-state index is 10.2. The molecule has 3 heteroatoms. The first-order valence-electron chi connectivity index (χ1n) is 2.38. The van der Waals surface area contributed by atoms with Gasteiger partial charge in [0.25, 0.3) is 0 Å². The number of carbonyl (C=O) groups is 1. The lowest BCUT2D eigenvalue weighted by Gasteiger charge is -1.85. The third kappa shape index (κ3) is 0.784. The molecule has 1 saturated heterocycles. The Morgan fingerprint density at radius 2 is 2.62 bits per heavy atom. The fourth-order valence-electron chi connectivity index (χ4n) is 0.595. The van der Waals surface area contributed by atoms with E-state index in [1.807, 2.05) is 6.07 Å². The largest absolute Gasteiger partial charge is 0.464 e. The monoisotopic (exact) mass is 111 g/mol. The highest BCUT2D eigenvalue weighted by atomic mass is 16.5. The molecule has 0 aliphatic carbocycles. The number of nitriles is 1. The topological polar surface area (TPSA) is 50.1 Å². The molecule has 1 unspecified atom stereocenters. The van der Waals surface area contributed by atoms with Crippen molar-refractivity contribution in [2.75, 3.05) is 6.61 Å². The van der Waals surface area contributed by atoms with Gasteiger partial charge in [0.1, 0.15) is 6.61 Å². The van der Waals surface area contributed by atoms with E-state index in [9.17, 15) is 4.79 Å². The van der Waals surface area contributed by atoms with Crippen molar-refractivity contribution in [2.24, 2.45) is 5.92 Å². The Morgan fingerprint density at radius 1 is 1.88 bits per heavy atom. The van der Waals surface area contributed by atoms with E-state index in [0.29, 0.717) is 0 Å². The number of nitrogens with zero attached hydrogens (tertiary/aromatic N) is 1. The van der Waals surface area contributed by atoms with Gasteiger partial charge in [-0.05, 0) is 0 Å². The second-order valence-corrected chi connectivity index (χ2v) is 1.71. The van der Waals surface area contributed by atoms with Crippen molar-refractivity contribution >= 4 is 5.97 Å². The molecular weight excluding hydrogens is 106 g/mol. The zero-order chi connectivity index (χ0) is 5.98. The van der Waals surface area contributed by atoms with Crippen LogP contribution in [-0.2, 0) is 9.53 Å². The minimum atomic E-state index is -0.253. The molecule has 0 saturated carbocycles. The van der Waals surface area contributed by atoms with Crippen LogP contribution in [0.4, 0.5) is 0 Å². The lowest BCUT2D eigenvalue weighted by atomic mass is 10.1. The molecule has 0 amide bonds. The Bertz CT molecular complexity index is 147. The van der Waals surface area contributed by atoms with Crippen LogP contribution < -0.4 is 0 Å². The highest BCUT2D eigenvalue weighted by Crippen LogP contribution is 2.11. The minimum absolute atomic E-state index is 0.192. The van der Waals surface area contributed by atoms with Crippen molar-refractivity contribution in [2.45, 2.75) is 6.42 Å². The van der Waals surface area contributed by atoms with Gasteiger partial charge in [-0.3, -0.25) is 4.79 Å². The lowest BCUT2D eigenvalue weighted by molar-refractivity contribution is -0.137. The van der Waals surface area contributed by atoms with Gasteiger partial charge < -0.3 is 4.74 Å². The van der Waals surface area contributed by atoms with Crippen molar-refractivity contribution in [1.29, 1.82) is 5.26 Å². The lowest BCUT2D eigenvalue weighted by Crippen LogP contribution is -1.92. The highest BCUT2D eigenvalue weighted by molar-refractivity contribution is 5.72. The Hall–Kier alpha value is -1.04. The van der Waals surface area contributed by atoms with E-state index in [1.54, 1.807) is 0 Å². The van der Waals surface area contributed by atoms with Gasteiger partial charge in [0, 0.05) is 0 Å². The van der Waals surface area contributed by atoms with Crippen LogP contribution in [0, 0.1) is 17.2 Å². The molecule has 1 aliphatic heterocycles. The van der Waals surface area contributed by atoms with Gasteiger partial charge in [-0.15, -0.1) is 0 Å². The van der Waals surface area contributed by atoms with Crippen LogP contribution in [0.25, 0.3) is 0 Å². The first kappa shape index (κ1) is 5.10. The predicted molar refractivity (Wildman–Crippen MR) is 24.7 cm³/mol. The summed E-state index contributed by atoms with van der Waals surface area (Å²) < 4.78 is 4.49. The van der Waals surface area contributed by atoms with Crippen LogP contribution in [-0.4, -0.2) is 12.6 Å². The molecule has 1 rings (SSSR count). The summed E-state index contributed by atoms with van der Waals surface area (Å²) in [6.45, 7) is 0.287. The fraction of sp³-hybridized carbons (Fsp3) is 0.600. The minimum Gasteiger partial charge on any atom is -0.464 e. The Labute approximate surface area is 46.9 Å². The van der Waals surface area contributed by atoms with Gasteiger partial charge in [0.2, 0.25) is 0 Å². The smallest absolute Gasteiger partial charge is 0.307 e. The van der Waals surface area contributed by atoms with E-state index < -0.39 is 0 Å². The Morgan fingerprint density at radius 3 is 2.88 bits per heavy atom. The normalized spacial score (nSPS) is 26.9. The number of esters is 1. The second kappa shape index (κ2) is 1.83. The zero-order valence-corrected chi connectivity index (χ0v) is 4.26. The van der Waals surface area contributed by atoms with Crippen molar-refractivity contribution in [3.63, 3.8) is 0 Å². The zero-order valence-electron chi connectivity index (χ0n) is 4.26. The van der Waals surface area contributed by atoms with Gasteiger partial charge in [-0.25, -0.2) is 0 Å². The van der Waals surface area contributed by atoms with Crippen molar-refractivity contribution < 1.29 is 9.53 Å². The molecule has 1 atom stereocenters. The van der Waals surface area contributed by atoms with Gasteiger partial charge in [-0.1, -0.05) is 0 Å². The summed E-state index contributed by atoms with van der Waals surface area (Å²) in [7, 11) is 0. The summed E-state index contributed by atoms with van der Waals surface area (Å²) in [5, 5.41) is 8.20. The van der Waals surface area contributed by atoms with Crippen LogP contribution >= 0.6 is 0 Å². The van der Waals surface area contributed by atoms with Gasteiger partial charge in [-0.2, -0.15) is 5.26 Å². The Kier molecular flexibility index (Phi) is 1.17. The van der Waals surface area contributed by atoms with Gasteiger partial charge in [0.05, 0.1) is 18.4 Å². The third-order valence-corrected chi connectivity index (χ3v) is 1.04.